The van der Waals surface area contributed by atoms with E-state index in [1.807, 2.05) is 49.6 Å². The first-order valence-corrected chi connectivity index (χ1v) is 11.2. The molecule has 2 N–H and O–H groups in total. The maximum absolute atomic E-state index is 12.5. The van der Waals surface area contributed by atoms with E-state index in [0.717, 1.165) is 16.8 Å². The van der Waals surface area contributed by atoms with Crippen LogP contribution in [0.5, 0.6) is 5.75 Å². The molecule has 0 atom stereocenters. The first kappa shape index (κ1) is 23.3. The molecule has 0 aliphatic heterocycles. The Morgan fingerprint density at radius 2 is 1.84 bits per heavy atom. The Morgan fingerprint density at radius 1 is 1.06 bits per heavy atom. The molecule has 3 rings (SSSR count). The summed E-state index contributed by atoms with van der Waals surface area (Å²) in [6.45, 7) is 6.53. The van der Waals surface area contributed by atoms with Gasteiger partial charge in [-0.15, -0.1) is 10.2 Å². The van der Waals surface area contributed by atoms with Crippen LogP contribution in [-0.4, -0.2) is 39.4 Å². The molecule has 168 valence electrons. The topological polar surface area (TPSA) is 98.1 Å². The quantitative estimate of drug-likeness (QED) is 0.478. The zero-order valence-electron chi connectivity index (χ0n) is 18.6. The largest absolute Gasteiger partial charge is 0.497 e. The molecule has 0 saturated heterocycles. The molecule has 32 heavy (non-hydrogen) atoms. The van der Waals surface area contributed by atoms with Crippen LogP contribution in [0, 0.1) is 13.8 Å². The van der Waals surface area contributed by atoms with Crippen LogP contribution in [0.4, 0.5) is 11.4 Å². The Morgan fingerprint density at radius 3 is 2.59 bits per heavy atom. The van der Waals surface area contributed by atoms with Crippen molar-refractivity contribution in [1.29, 1.82) is 0 Å². The lowest BCUT2D eigenvalue weighted by Crippen LogP contribution is -2.18. The monoisotopic (exact) mass is 453 g/mol. The lowest BCUT2D eigenvalue weighted by atomic mass is 10.1. The smallest absolute Gasteiger partial charge is 0.234 e. The summed E-state index contributed by atoms with van der Waals surface area (Å²) in [5, 5.41) is 14.7. The van der Waals surface area contributed by atoms with Gasteiger partial charge in [0.2, 0.25) is 11.8 Å². The first-order valence-electron chi connectivity index (χ1n) is 10.3. The number of methoxy groups -OCH3 is 1. The van der Waals surface area contributed by atoms with E-state index < -0.39 is 0 Å². The average molecular weight is 454 g/mol. The van der Waals surface area contributed by atoms with Gasteiger partial charge in [0.15, 0.2) is 5.16 Å². The summed E-state index contributed by atoms with van der Waals surface area (Å²) in [7, 11) is 1.58. The molecular weight excluding hydrogens is 426 g/mol. The van der Waals surface area contributed by atoms with Crippen molar-refractivity contribution in [3.8, 4) is 5.75 Å². The van der Waals surface area contributed by atoms with Crippen molar-refractivity contribution in [3.05, 3.63) is 59.4 Å². The van der Waals surface area contributed by atoms with Gasteiger partial charge in [-0.25, -0.2) is 0 Å². The lowest BCUT2D eigenvalue weighted by Gasteiger charge is -2.11. The van der Waals surface area contributed by atoms with E-state index in [0.29, 0.717) is 29.0 Å². The second kappa shape index (κ2) is 10.8. The third-order valence-corrected chi connectivity index (χ3v) is 5.96. The number of aromatic nitrogens is 3. The standard InChI is InChI=1S/C23H27N5O3S/c1-5-28-20(13-21(29)24-17-9-7-10-18(12-17)31-4)26-27-23(28)32-14-22(30)25-19-11-6-8-15(2)16(19)3/h6-12H,5,13-14H2,1-4H3,(H,24,29)(H,25,30). The molecule has 0 aliphatic rings. The number of nitrogens with one attached hydrogen (secondary N) is 2. The van der Waals surface area contributed by atoms with Crippen LogP contribution >= 0.6 is 11.8 Å². The first-order chi connectivity index (χ1) is 15.4. The number of carbonyl (C=O) groups excluding carboxylic acids is 2. The maximum Gasteiger partial charge on any atom is 0.234 e. The highest BCUT2D eigenvalue weighted by Gasteiger charge is 2.16. The molecule has 0 spiro atoms. The van der Waals surface area contributed by atoms with E-state index in [9.17, 15) is 9.59 Å². The summed E-state index contributed by atoms with van der Waals surface area (Å²) in [6.07, 6.45) is 0.0767. The van der Waals surface area contributed by atoms with Crippen molar-refractivity contribution in [2.45, 2.75) is 38.9 Å². The van der Waals surface area contributed by atoms with Crippen molar-refractivity contribution in [3.63, 3.8) is 0 Å². The number of anilines is 2. The normalized spacial score (nSPS) is 10.6. The van der Waals surface area contributed by atoms with Gasteiger partial charge >= 0.3 is 0 Å². The molecule has 9 heteroatoms. The van der Waals surface area contributed by atoms with Crippen LogP contribution < -0.4 is 15.4 Å². The van der Waals surface area contributed by atoms with Gasteiger partial charge in [-0.05, 0) is 50.1 Å². The van der Waals surface area contributed by atoms with Crippen molar-refractivity contribution in [1.82, 2.24) is 14.8 Å². The summed E-state index contributed by atoms with van der Waals surface area (Å²) >= 11 is 1.29. The maximum atomic E-state index is 12.5. The number of thioether (sulfide) groups is 1. The molecule has 0 bridgehead atoms. The van der Waals surface area contributed by atoms with Gasteiger partial charge in [0.25, 0.3) is 0 Å². The highest BCUT2D eigenvalue weighted by molar-refractivity contribution is 7.99. The fourth-order valence-electron chi connectivity index (χ4n) is 3.13. The molecule has 0 saturated carbocycles. The minimum atomic E-state index is -0.204. The lowest BCUT2D eigenvalue weighted by molar-refractivity contribution is -0.116. The molecule has 0 radical (unpaired) electrons. The van der Waals surface area contributed by atoms with E-state index in [4.69, 9.17) is 4.74 Å². The summed E-state index contributed by atoms with van der Waals surface area (Å²) in [4.78, 5) is 24.9. The number of hydrogen-bond donors (Lipinski definition) is 2. The molecular formula is C23H27N5O3S. The van der Waals surface area contributed by atoms with Gasteiger partial charge in [-0.1, -0.05) is 30.0 Å². The molecule has 0 unspecified atom stereocenters. The average Bonchev–Trinajstić information content (AvgIpc) is 3.16. The Kier molecular flexibility index (Phi) is 7.88. The summed E-state index contributed by atoms with van der Waals surface area (Å²) in [5.41, 5.74) is 3.63. The van der Waals surface area contributed by atoms with Crippen molar-refractivity contribution in [2.75, 3.05) is 23.5 Å². The second-order valence-electron chi connectivity index (χ2n) is 7.18. The number of amides is 2. The number of ether oxygens (including phenoxy) is 1. The van der Waals surface area contributed by atoms with E-state index >= 15 is 0 Å². The van der Waals surface area contributed by atoms with E-state index in [1.54, 1.807) is 25.3 Å². The zero-order chi connectivity index (χ0) is 23.1. The van der Waals surface area contributed by atoms with Gasteiger partial charge in [0, 0.05) is 24.0 Å². The fourth-order valence-corrected chi connectivity index (χ4v) is 3.95. The third kappa shape index (κ3) is 5.88. The number of aryl methyl sites for hydroxylation is 1. The number of benzene rings is 2. The van der Waals surface area contributed by atoms with Crippen molar-refractivity contribution >= 4 is 35.0 Å². The van der Waals surface area contributed by atoms with Gasteiger partial charge < -0.3 is 19.9 Å². The Hall–Kier alpha value is -3.33. The molecule has 0 aliphatic carbocycles. The number of rotatable bonds is 9. The number of hydrogen-bond acceptors (Lipinski definition) is 6. The van der Waals surface area contributed by atoms with E-state index in [2.05, 4.69) is 20.8 Å². The number of carbonyl (C=O) groups is 2. The highest BCUT2D eigenvalue weighted by atomic mass is 32.2. The van der Waals surface area contributed by atoms with Gasteiger partial charge in [-0.2, -0.15) is 0 Å². The van der Waals surface area contributed by atoms with Crippen LogP contribution in [-0.2, 0) is 22.6 Å². The van der Waals surface area contributed by atoms with Crippen LogP contribution in [0.25, 0.3) is 0 Å². The molecule has 3 aromatic rings. The molecule has 2 amide bonds. The van der Waals surface area contributed by atoms with Crippen molar-refractivity contribution < 1.29 is 14.3 Å². The van der Waals surface area contributed by atoms with Crippen LogP contribution in [0.2, 0.25) is 0 Å². The SMILES string of the molecule is CCn1c(CC(=O)Nc2cccc(OC)c2)nnc1SCC(=O)Nc1cccc(C)c1C. The minimum absolute atomic E-state index is 0.0767. The Balaban J connectivity index is 1.59. The predicted molar refractivity (Wildman–Crippen MR) is 126 cm³/mol. The summed E-state index contributed by atoms with van der Waals surface area (Å²) < 4.78 is 7.03. The number of nitrogens with zero attached hydrogens (tertiary/aromatic N) is 3. The minimum Gasteiger partial charge on any atom is -0.497 e. The van der Waals surface area contributed by atoms with E-state index in [1.165, 1.54) is 11.8 Å². The molecule has 2 aromatic carbocycles. The Labute approximate surface area is 191 Å². The third-order valence-electron chi connectivity index (χ3n) is 4.99. The molecule has 8 nitrogen and oxygen atoms in total. The molecule has 1 heterocycles. The predicted octanol–water partition coefficient (Wildman–Crippen LogP) is 3.84. The summed E-state index contributed by atoms with van der Waals surface area (Å²) in [5.74, 6) is 1.08. The van der Waals surface area contributed by atoms with Gasteiger partial charge in [-0.3, -0.25) is 9.59 Å². The van der Waals surface area contributed by atoms with Crippen molar-refractivity contribution in [2.24, 2.45) is 0 Å². The van der Waals surface area contributed by atoms with Gasteiger partial charge in [0.05, 0.1) is 19.3 Å². The highest BCUT2D eigenvalue weighted by Crippen LogP contribution is 2.21. The van der Waals surface area contributed by atoms with Crippen LogP contribution in [0.15, 0.2) is 47.6 Å². The van der Waals surface area contributed by atoms with Crippen LogP contribution in [0.1, 0.15) is 23.9 Å². The second-order valence-corrected chi connectivity index (χ2v) is 8.13. The zero-order valence-corrected chi connectivity index (χ0v) is 19.5. The van der Waals surface area contributed by atoms with E-state index in [-0.39, 0.29) is 24.0 Å². The molecule has 0 fully saturated rings. The van der Waals surface area contributed by atoms with Gasteiger partial charge in [0.1, 0.15) is 11.6 Å². The summed E-state index contributed by atoms with van der Waals surface area (Å²) in [6, 6.07) is 13.0. The Bertz CT molecular complexity index is 1110. The molecule has 1 aromatic heterocycles. The van der Waals surface area contributed by atoms with Crippen LogP contribution in [0.3, 0.4) is 0 Å². The fraction of sp³-hybridized carbons (Fsp3) is 0.304.